The van der Waals surface area contributed by atoms with Crippen LogP contribution in [0.2, 0.25) is 0 Å². The molecule has 0 bridgehead atoms. The first kappa shape index (κ1) is 15.0. The predicted octanol–water partition coefficient (Wildman–Crippen LogP) is 3.19. The Balaban J connectivity index is 1.65. The number of carbonyl (C=O) groups is 1. The topological polar surface area (TPSA) is 69.9 Å². The van der Waals surface area contributed by atoms with Gasteiger partial charge in [0.1, 0.15) is 11.4 Å². The Kier molecular flexibility index (Phi) is 3.24. The van der Waals surface area contributed by atoms with E-state index in [1.165, 1.54) is 0 Å². The van der Waals surface area contributed by atoms with Gasteiger partial charge >= 0.3 is 5.97 Å². The molecule has 5 rings (SSSR count). The summed E-state index contributed by atoms with van der Waals surface area (Å²) in [6, 6.07) is 3.96. The number of ether oxygens (including phenoxy) is 1. The molecule has 0 N–H and O–H groups in total. The summed E-state index contributed by atoms with van der Waals surface area (Å²) >= 11 is 0. The van der Waals surface area contributed by atoms with Crippen molar-refractivity contribution >= 4 is 5.97 Å². The Labute approximate surface area is 146 Å². The first-order valence-corrected chi connectivity index (χ1v) is 9.27. The molecule has 3 aliphatic rings. The molecule has 3 fully saturated rings. The van der Waals surface area contributed by atoms with Crippen molar-refractivity contribution in [3.63, 3.8) is 0 Å². The summed E-state index contributed by atoms with van der Waals surface area (Å²) in [5.41, 5.74) is 0.674. The maximum atomic E-state index is 12.2. The van der Waals surface area contributed by atoms with Gasteiger partial charge in [0, 0.05) is 12.1 Å². The number of carbonyl (C=O) groups excluding carboxylic acids is 1. The maximum absolute atomic E-state index is 12.2. The molecule has 0 unspecified atom stereocenters. The van der Waals surface area contributed by atoms with Crippen molar-refractivity contribution in [2.75, 3.05) is 0 Å². The first-order valence-electron chi connectivity index (χ1n) is 9.27. The van der Waals surface area contributed by atoms with Crippen LogP contribution in [0.5, 0.6) is 0 Å². The number of esters is 1. The van der Waals surface area contributed by atoms with Crippen LogP contribution in [-0.2, 0) is 9.53 Å². The van der Waals surface area contributed by atoms with E-state index in [2.05, 4.69) is 4.98 Å². The Morgan fingerprint density at radius 3 is 2.80 bits per heavy atom. The molecule has 6 heteroatoms. The van der Waals surface area contributed by atoms with Gasteiger partial charge in [0.2, 0.25) is 0 Å². The van der Waals surface area contributed by atoms with Gasteiger partial charge in [0.05, 0.1) is 12.3 Å². The van der Waals surface area contributed by atoms with Crippen LogP contribution in [0, 0.1) is 6.92 Å². The number of aryl methyl sites for hydroxylation is 1. The maximum Gasteiger partial charge on any atom is 0.307 e. The molecule has 3 heterocycles. The van der Waals surface area contributed by atoms with Crippen molar-refractivity contribution < 1.29 is 9.53 Å². The van der Waals surface area contributed by atoms with Crippen LogP contribution in [0.4, 0.5) is 0 Å². The average molecular weight is 338 g/mol. The van der Waals surface area contributed by atoms with E-state index in [1.54, 1.807) is 6.20 Å². The molecule has 6 nitrogen and oxygen atoms in total. The molecule has 1 saturated heterocycles. The number of aromatic nitrogens is 4. The summed E-state index contributed by atoms with van der Waals surface area (Å²) in [6.07, 6.45) is 8.55. The van der Waals surface area contributed by atoms with E-state index in [-0.39, 0.29) is 17.5 Å². The molecule has 2 aromatic rings. The third kappa shape index (κ3) is 2.38. The van der Waals surface area contributed by atoms with Crippen LogP contribution in [-0.4, -0.2) is 31.3 Å². The van der Waals surface area contributed by atoms with Crippen molar-refractivity contribution in [1.29, 1.82) is 0 Å². The van der Waals surface area contributed by atoms with Gasteiger partial charge in [0.15, 0.2) is 11.6 Å². The second-order valence-electron chi connectivity index (χ2n) is 7.66. The highest BCUT2D eigenvalue weighted by atomic mass is 16.6. The Bertz CT molecular complexity index is 834. The van der Waals surface area contributed by atoms with Crippen LogP contribution >= 0.6 is 0 Å². The van der Waals surface area contributed by atoms with Crippen molar-refractivity contribution in [1.82, 2.24) is 19.7 Å². The van der Waals surface area contributed by atoms with Gasteiger partial charge in [-0.1, -0.05) is 6.07 Å². The van der Waals surface area contributed by atoms with Gasteiger partial charge in [-0.2, -0.15) is 4.68 Å². The number of hydrogen-bond donors (Lipinski definition) is 0. The molecule has 25 heavy (non-hydrogen) atoms. The number of nitrogens with zero attached hydrogens (tertiary/aromatic N) is 4. The van der Waals surface area contributed by atoms with Gasteiger partial charge in [-0.25, -0.2) is 9.97 Å². The second kappa shape index (κ2) is 5.38. The first-order chi connectivity index (χ1) is 12.2. The number of rotatable bonds is 3. The standard InChI is InChI=1S/C19H22N4O2/c1-12-5-4-10-20-17(12)23-18(21-16(22-23)13-6-7-13)14-11-15(24)25-19(14)8-2-3-9-19/h4-5,10,13-14H,2-3,6-9,11H2,1H3/t14-/m0/s1. The van der Waals surface area contributed by atoms with E-state index in [4.69, 9.17) is 14.8 Å². The van der Waals surface area contributed by atoms with E-state index in [1.807, 2.05) is 23.7 Å². The van der Waals surface area contributed by atoms with Gasteiger partial charge < -0.3 is 4.74 Å². The van der Waals surface area contributed by atoms with Crippen molar-refractivity contribution in [3.05, 3.63) is 35.5 Å². The molecule has 2 saturated carbocycles. The zero-order valence-corrected chi connectivity index (χ0v) is 14.4. The Morgan fingerprint density at radius 1 is 1.28 bits per heavy atom. The fourth-order valence-corrected chi connectivity index (χ4v) is 4.38. The van der Waals surface area contributed by atoms with E-state index in [0.717, 1.165) is 61.6 Å². The van der Waals surface area contributed by atoms with Crippen LogP contribution in [0.1, 0.15) is 74.0 Å². The lowest BCUT2D eigenvalue weighted by Gasteiger charge is -2.28. The van der Waals surface area contributed by atoms with Crippen molar-refractivity contribution in [2.45, 2.75) is 69.3 Å². The summed E-state index contributed by atoms with van der Waals surface area (Å²) < 4.78 is 7.73. The van der Waals surface area contributed by atoms with Crippen molar-refractivity contribution in [3.8, 4) is 5.82 Å². The van der Waals surface area contributed by atoms with E-state index < -0.39 is 0 Å². The largest absolute Gasteiger partial charge is 0.458 e. The summed E-state index contributed by atoms with van der Waals surface area (Å²) in [5, 5.41) is 4.80. The van der Waals surface area contributed by atoms with Crippen LogP contribution in [0.15, 0.2) is 18.3 Å². The van der Waals surface area contributed by atoms with Crippen molar-refractivity contribution in [2.24, 2.45) is 0 Å². The van der Waals surface area contributed by atoms with E-state index in [0.29, 0.717) is 12.3 Å². The van der Waals surface area contributed by atoms with Gasteiger partial charge in [-0.15, -0.1) is 5.10 Å². The van der Waals surface area contributed by atoms with E-state index >= 15 is 0 Å². The monoisotopic (exact) mass is 338 g/mol. The molecule has 1 atom stereocenters. The molecule has 0 amide bonds. The quantitative estimate of drug-likeness (QED) is 0.804. The minimum absolute atomic E-state index is 0.0242. The molecular formula is C19H22N4O2. The highest BCUT2D eigenvalue weighted by Crippen LogP contribution is 2.50. The molecule has 0 aromatic carbocycles. The van der Waals surface area contributed by atoms with E-state index in [9.17, 15) is 4.79 Å². The minimum Gasteiger partial charge on any atom is -0.458 e. The average Bonchev–Trinajstić information content (AvgIpc) is 3.06. The predicted molar refractivity (Wildman–Crippen MR) is 90.5 cm³/mol. The molecule has 2 aliphatic carbocycles. The van der Waals surface area contributed by atoms with Gasteiger partial charge in [0.25, 0.3) is 0 Å². The third-order valence-electron chi connectivity index (χ3n) is 5.86. The third-order valence-corrected chi connectivity index (χ3v) is 5.86. The Hall–Kier alpha value is -2.24. The summed E-state index contributed by atoms with van der Waals surface area (Å²) in [4.78, 5) is 21.6. The lowest BCUT2D eigenvalue weighted by atomic mass is 9.85. The van der Waals surface area contributed by atoms with Gasteiger partial charge in [-0.3, -0.25) is 4.79 Å². The zero-order valence-electron chi connectivity index (χ0n) is 14.4. The molecule has 1 spiro atoms. The highest BCUT2D eigenvalue weighted by molar-refractivity contribution is 5.74. The van der Waals surface area contributed by atoms with Crippen LogP contribution in [0.3, 0.4) is 0 Å². The number of pyridine rings is 1. The number of hydrogen-bond acceptors (Lipinski definition) is 5. The minimum atomic E-state index is -0.384. The molecule has 130 valence electrons. The summed E-state index contributed by atoms with van der Waals surface area (Å²) in [6.45, 7) is 2.03. The van der Waals surface area contributed by atoms with Crippen LogP contribution in [0.25, 0.3) is 5.82 Å². The van der Waals surface area contributed by atoms with Crippen LogP contribution < -0.4 is 0 Å². The molecule has 0 radical (unpaired) electrons. The van der Waals surface area contributed by atoms with Gasteiger partial charge in [-0.05, 0) is 57.1 Å². The Morgan fingerprint density at radius 2 is 2.08 bits per heavy atom. The lowest BCUT2D eigenvalue weighted by molar-refractivity contribution is -0.148. The fourth-order valence-electron chi connectivity index (χ4n) is 4.38. The SMILES string of the molecule is Cc1cccnc1-n1nc(C2CC2)nc1[C@@H]1CC(=O)OC12CCCC2. The summed E-state index contributed by atoms with van der Waals surface area (Å²) in [5.74, 6) is 2.89. The molecule has 2 aromatic heterocycles. The molecule has 1 aliphatic heterocycles. The lowest BCUT2D eigenvalue weighted by Crippen LogP contribution is -2.32. The smallest absolute Gasteiger partial charge is 0.307 e. The zero-order chi connectivity index (χ0) is 17.0. The molecular weight excluding hydrogens is 316 g/mol. The summed E-state index contributed by atoms with van der Waals surface area (Å²) in [7, 11) is 0. The fraction of sp³-hybridized carbons (Fsp3) is 0.579. The highest BCUT2D eigenvalue weighted by Gasteiger charge is 2.53. The second-order valence-corrected chi connectivity index (χ2v) is 7.66. The normalized spacial score (nSPS) is 24.8.